The summed E-state index contributed by atoms with van der Waals surface area (Å²) in [7, 11) is 1.72. The highest BCUT2D eigenvalue weighted by Gasteiger charge is 2.38. The Morgan fingerprint density at radius 2 is 2.00 bits per heavy atom. The highest BCUT2D eigenvalue weighted by Crippen LogP contribution is 2.35. The molecule has 0 radical (unpaired) electrons. The minimum Gasteiger partial charge on any atom is -0.487 e. The van der Waals surface area contributed by atoms with Crippen LogP contribution in [0, 0.1) is 23.7 Å². The summed E-state index contributed by atoms with van der Waals surface area (Å²) in [6.45, 7) is 4.43. The fourth-order valence-electron chi connectivity index (χ4n) is 3.92. The summed E-state index contributed by atoms with van der Waals surface area (Å²) in [5.41, 5.74) is 0.655. The summed E-state index contributed by atoms with van der Waals surface area (Å²) in [4.78, 5) is 16.3. The molecule has 0 bridgehead atoms. The van der Waals surface area contributed by atoms with Gasteiger partial charge in [-0.1, -0.05) is 18.8 Å². The first-order valence-electron chi connectivity index (χ1n) is 11.8. The van der Waals surface area contributed by atoms with E-state index >= 15 is 0 Å². The van der Waals surface area contributed by atoms with Gasteiger partial charge in [0.25, 0.3) is 0 Å². The Balaban J connectivity index is 1.97. The maximum atomic E-state index is 13.5. The molecule has 0 saturated heterocycles. The molecule has 188 valence electrons. The molecule has 9 heteroatoms. The Morgan fingerprint density at radius 1 is 1.29 bits per heavy atom. The minimum absolute atomic E-state index is 0.0508. The molecule has 0 aromatic heterocycles. The van der Waals surface area contributed by atoms with Gasteiger partial charge in [0.05, 0.1) is 19.7 Å². The van der Waals surface area contributed by atoms with Crippen LogP contribution < -0.4 is 4.74 Å². The fraction of sp³-hybridized carbons (Fsp3) is 0.640. The Labute approximate surface area is 203 Å². The van der Waals surface area contributed by atoms with E-state index in [4.69, 9.17) is 4.74 Å². The SMILES string of the molecule is C[C@@H]1CN([C@@H](C)CO)S(=O)(=O)c2ccc(C#CCN(C)C)cc2O[C@H]1CN(C)C(=O)CC1CC1. The normalized spacial score (nSPS) is 23.0. The number of benzene rings is 1. The van der Waals surface area contributed by atoms with E-state index in [1.165, 1.54) is 10.4 Å². The molecule has 1 heterocycles. The molecule has 1 amide bonds. The molecule has 1 aromatic carbocycles. The van der Waals surface area contributed by atoms with Crippen molar-refractivity contribution in [2.75, 3.05) is 47.4 Å². The third kappa shape index (κ3) is 6.51. The molecular weight excluding hydrogens is 454 g/mol. The molecule has 1 saturated carbocycles. The van der Waals surface area contributed by atoms with Gasteiger partial charge >= 0.3 is 0 Å². The molecule has 1 aliphatic heterocycles. The zero-order valence-corrected chi connectivity index (χ0v) is 21.6. The van der Waals surface area contributed by atoms with Crippen molar-refractivity contribution in [3.63, 3.8) is 0 Å². The van der Waals surface area contributed by atoms with Crippen LogP contribution in [0.4, 0.5) is 0 Å². The van der Waals surface area contributed by atoms with Gasteiger partial charge in [-0.3, -0.25) is 9.69 Å². The van der Waals surface area contributed by atoms with Crippen molar-refractivity contribution in [3.8, 4) is 17.6 Å². The summed E-state index contributed by atoms with van der Waals surface area (Å²) < 4.78 is 34.7. The van der Waals surface area contributed by atoms with Crippen molar-refractivity contribution in [1.29, 1.82) is 0 Å². The Hall–Kier alpha value is -2.12. The maximum absolute atomic E-state index is 13.5. The van der Waals surface area contributed by atoms with Crippen LogP contribution in [0.5, 0.6) is 5.75 Å². The van der Waals surface area contributed by atoms with E-state index in [-0.39, 0.29) is 35.6 Å². The number of fused-ring (bicyclic) bond motifs is 1. The van der Waals surface area contributed by atoms with E-state index in [0.29, 0.717) is 31.0 Å². The van der Waals surface area contributed by atoms with Crippen LogP contribution in [0.25, 0.3) is 0 Å². The van der Waals surface area contributed by atoms with Crippen molar-refractivity contribution in [2.24, 2.45) is 11.8 Å². The Kier molecular flexibility index (Phi) is 8.63. The van der Waals surface area contributed by atoms with E-state index in [2.05, 4.69) is 11.8 Å². The van der Waals surface area contributed by atoms with Gasteiger partial charge in [0.1, 0.15) is 16.7 Å². The number of aliphatic hydroxyl groups is 1. The van der Waals surface area contributed by atoms with Crippen LogP contribution in [0.2, 0.25) is 0 Å². The second kappa shape index (κ2) is 11.1. The minimum atomic E-state index is -3.90. The van der Waals surface area contributed by atoms with Crippen molar-refractivity contribution in [1.82, 2.24) is 14.1 Å². The van der Waals surface area contributed by atoms with Crippen LogP contribution in [0.15, 0.2) is 23.1 Å². The first kappa shape index (κ1) is 26.5. The first-order chi connectivity index (χ1) is 16.0. The number of hydrogen-bond donors (Lipinski definition) is 1. The van der Waals surface area contributed by atoms with E-state index in [1.807, 2.05) is 25.9 Å². The second-order valence-electron chi connectivity index (χ2n) is 9.86. The number of nitrogens with zero attached hydrogens (tertiary/aromatic N) is 3. The number of amides is 1. The molecule has 8 nitrogen and oxygen atoms in total. The summed E-state index contributed by atoms with van der Waals surface area (Å²) in [6, 6.07) is 4.27. The molecule has 3 atom stereocenters. The predicted molar refractivity (Wildman–Crippen MR) is 131 cm³/mol. The van der Waals surface area contributed by atoms with Crippen LogP contribution in [-0.4, -0.2) is 93.1 Å². The highest BCUT2D eigenvalue weighted by atomic mass is 32.2. The monoisotopic (exact) mass is 491 g/mol. The standard InChI is InChI=1S/C25H37N3O5S/c1-18-15-28(19(2)17-29)34(31,32)24-11-10-20(7-6-12-26(3)4)13-22(24)33-23(18)16-27(5)25(30)14-21-8-9-21/h10-11,13,18-19,21,23,29H,8-9,12,14-17H2,1-5H3/t18-,19+,23+/m1/s1. The van der Waals surface area contributed by atoms with Crippen LogP contribution >= 0.6 is 0 Å². The molecule has 1 aliphatic carbocycles. The van der Waals surface area contributed by atoms with Crippen LogP contribution in [0.3, 0.4) is 0 Å². The lowest BCUT2D eigenvalue weighted by Gasteiger charge is -2.37. The summed E-state index contributed by atoms with van der Waals surface area (Å²) in [5.74, 6) is 6.71. The third-order valence-corrected chi connectivity index (χ3v) is 8.35. The molecule has 3 rings (SSSR count). The second-order valence-corrected chi connectivity index (χ2v) is 11.7. The van der Waals surface area contributed by atoms with E-state index in [1.54, 1.807) is 31.0 Å². The first-order valence-corrected chi connectivity index (χ1v) is 13.3. The number of rotatable bonds is 7. The molecule has 0 unspecified atom stereocenters. The molecule has 1 aromatic rings. The average Bonchev–Trinajstić information content (AvgIpc) is 3.59. The number of hydrogen-bond acceptors (Lipinski definition) is 6. The van der Waals surface area contributed by atoms with Gasteiger partial charge in [-0.15, -0.1) is 0 Å². The lowest BCUT2D eigenvalue weighted by Crippen LogP contribution is -2.50. The van der Waals surface area contributed by atoms with E-state index < -0.39 is 22.2 Å². The van der Waals surface area contributed by atoms with Crippen LogP contribution in [-0.2, 0) is 14.8 Å². The van der Waals surface area contributed by atoms with E-state index in [9.17, 15) is 18.3 Å². The van der Waals surface area contributed by atoms with Crippen molar-refractivity contribution in [3.05, 3.63) is 23.8 Å². The molecular formula is C25H37N3O5S. The number of ether oxygens (including phenoxy) is 1. The van der Waals surface area contributed by atoms with E-state index in [0.717, 1.165) is 12.8 Å². The van der Waals surface area contributed by atoms with Gasteiger partial charge in [0.2, 0.25) is 15.9 Å². The Bertz CT molecular complexity index is 1040. The largest absolute Gasteiger partial charge is 0.487 e. The topological polar surface area (TPSA) is 90.4 Å². The number of aliphatic hydroxyl groups excluding tert-OH is 1. The van der Waals surface area contributed by atoms with Crippen molar-refractivity contribution >= 4 is 15.9 Å². The van der Waals surface area contributed by atoms with Gasteiger partial charge in [-0.2, -0.15) is 4.31 Å². The van der Waals surface area contributed by atoms with Crippen LogP contribution in [0.1, 0.15) is 38.7 Å². The number of likely N-dealkylation sites (N-methyl/N-ethyl adjacent to an activating group) is 1. The third-order valence-electron chi connectivity index (χ3n) is 6.33. The number of sulfonamides is 1. The van der Waals surface area contributed by atoms with Gasteiger partial charge in [0, 0.05) is 37.5 Å². The highest BCUT2D eigenvalue weighted by molar-refractivity contribution is 7.89. The van der Waals surface area contributed by atoms with Gasteiger partial charge in [-0.05, 0) is 58.0 Å². The number of carbonyl (C=O) groups is 1. The quantitative estimate of drug-likeness (QED) is 0.583. The Morgan fingerprint density at radius 3 is 2.62 bits per heavy atom. The van der Waals surface area contributed by atoms with Crippen molar-refractivity contribution < 1.29 is 23.1 Å². The van der Waals surface area contributed by atoms with Gasteiger partial charge in [0.15, 0.2) is 0 Å². The molecule has 34 heavy (non-hydrogen) atoms. The summed E-state index contributed by atoms with van der Waals surface area (Å²) in [5, 5.41) is 9.76. The molecule has 2 aliphatic rings. The molecule has 1 fully saturated rings. The smallest absolute Gasteiger partial charge is 0.247 e. The summed E-state index contributed by atoms with van der Waals surface area (Å²) >= 11 is 0. The van der Waals surface area contributed by atoms with Gasteiger partial charge < -0.3 is 14.7 Å². The molecule has 0 spiro atoms. The molecule has 1 N–H and O–H groups in total. The average molecular weight is 492 g/mol. The zero-order valence-electron chi connectivity index (χ0n) is 20.8. The zero-order chi connectivity index (χ0) is 25.0. The lowest BCUT2D eigenvalue weighted by molar-refractivity contribution is -0.131. The number of carbonyl (C=O) groups excluding carboxylic acids is 1. The fourth-order valence-corrected chi connectivity index (χ4v) is 5.74. The summed E-state index contributed by atoms with van der Waals surface area (Å²) in [6.07, 6.45) is 2.34. The predicted octanol–water partition coefficient (Wildman–Crippen LogP) is 1.63. The van der Waals surface area contributed by atoms with Crippen molar-refractivity contribution in [2.45, 2.75) is 50.2 Å². The maximum Gasteiger partial charge on any atom is 0.247 e. The van der Waals surface area contributed by atoms with Gasteiger partial charge in [-0.25, -0.2) is 8.42 Å². The lowest BCUT2D eigenvalue weighted by atomic mass is 10.0.